The summed E-state index contributed by atoms with van der Waals surface area (Å²) in [6, 6.07) is 0. The van der Waals surface area contributed by atoms with Gasteiger partial charge in [-0.05, 0) is 26.3 Å². The van der Waals surface area contributed by atoms with E-state index in [1.54, 1.807) is 6.20 Å². The maximum absolute atomic E-state index is 11.9. The molecule has 0 aromatic carbocycles. The van der Waals surface area contributed by atoms with Gasteiger partial charge in [-0.25, -0.2) is 9.97 Å². The van der Waals surface area contributed by atoms with Gasteiger partial charge >= 0.3 is 0 Å². The van der Waals surface area contributed by atoms with Crippen molar-refractivity contribution in [2.24, 2.45) is 0 Å². The Morgan fingerprint density at radius 2 is 2.21 bits per heavy atom. The van der Waals surface area contributed by atoms with Crippen molar-refractivity contribution in [3.05, 3.63) is 23.3 Å². The number of ether oxygens (including phenoxy) is 1. The molecule has 0 bridgehead atoms. The largest absolute Gasteiger partial charge is 0.368 e. The first-order valence-corrected chi connectivity index (χ1v) is 6.93. The predicted octanol–water partition coefficient (Wildman–Crippen LogP) is 1.39. The molecule has 0 amide bonds. The first-order valence-electron chi connectivity index (χ1n) is 6.93. The second-order valence-electron chi connectivity index (χ2n) is 5.34. The summed E-state index contributed by atoms with van der Waals surface area (Å²) in [4.78, 5) is 23.1. The predicted molar refractivity (Wildman–Crippen MR) is 70.1 cm³/mol. The number of rotatable bonds is 1. The summed E-state index contributed by atoms with van der Waals surface area (Å²) >= 11 is 0. The molecule has 2 aliphatic rings. The molecule has 0 N–H and O–H groups in total. The summed E-state index contributed by atoms with van der Waals surface area (Å²) in [5.74, 6) is 0.903. The second-order valence-corrected chi connectivity index (χ2v) is 5.34. The van der Waals surface area contributed by atoms with Crippen molar-refractivity contribution >= 4 is 5.78 Å². The maximum Gasteiger partial charge on any atom is 0.166 e. The Labute approximate surface area is 113 Å². The lowest BCUT2D eigenvalue weighted by Crippen LogP contribution is -2.36. The molecular formula is C14H19N3O2. The number of Topliss-reactive ketones (excluding diaryl/α,β-unsaturated/α-hetero) is 1. The number of carbonyl (C=O) groups is 1. The van der Waals surface area contributed by atoms with E-state index in [4.69, 9.17) is 4.74 Å². The molecule has 0 radical (unpaired) electrons. The Balaban J connectivity index is 1.88. The summed E-state index contributed by atoms with van der Waals surface area (Å²) in [6.07, 6.45) is 5.11. The lowest BCUT2D eigenvalue weighted by molar-refractivity contribution is -0.0256. The van der Waals surface area contributed by atoms with Crippen LogP contribution >= 0.6 is 0 Å². The van der Waals surface area contributed by atoms with E-state index in [0.29, 0.717) is 18.6 Å². The van der Waals surface area contributed by atoms with Crippen molar-refractivity contribution in [1.29, 1.82) is 0 Å². The normalized spacial score (nSPS) is 24.9. The van der Waals surface area contributed by atoms with Crippen LogP contribution < -0.4 is 0 Å². The molecular weight excluding hydrogens is 242 g/mol. The molecule has 3 rings (SSSR count). The van der Waals surface area contributed by atoms with Crippen LogP contribution in [0.15, 0.2) is 6.20 Å². The van der Waals surface area contributed by atoms with Gasteiger partial charge in [-0.2, -0.15) is 0 Å². The summed E-state index contributed by atoms with van der Waals surface area (Å²) < 4.78 is 5.73. The lowest BCUT2D eigenvalue weighted by atomic mass is 10.1. The van der Waals surface area contributed by atoms with Gasteiger partial charge in [0.15, 0.2) is 11.6 Å². The van der Waals surface area contributed by atoms with Crippen molar-refractivity contribution in [3.8, 4) is 0 Å². The first-order chi connectivity index (χ1) is 9.24. The number of ketones is 1. The van der Waals surface area contributed by atoms with Gasteiger partial charge in [0, 0.05) is 25.7 Å². The molecule has 5 heteroatoms. The zero-order valence-electron chi connectivity index (χ0n) is 11.3. The van der Waals surface area contributed by atoms with E-state index in [9.17, 15) is 4.79 Å². The van der Waals surface area contributed by atoms with Crippen molar-refractivity contribution in [3.63, 3.8) is 0 Å². The topological polar surface area (TPSA) is 55.3 Å². The van der Waals surface area contributed by atoms with Crippen LogP contribution in [0.4, 0.5) is 0 Å². The summed E-state index contributed by atoms with van der Waals surface area (Å²) in [6.45, 7) is 2.47. The van der Waals surface area contributed by atoms with Crippen LogP contribution in [0.5, 0.6) is 0 Å². The lowest BCUT2D eigenvalue weighted by Gasteiger charge is -2.29. The van der Waals surface area contributed by atoms with Crippen molar-refractivity contribution in [1.82, 2.24) is 14.9 Å². The molecule has 2 heterocycles. The fraction of sp³-hybridized carbons (Fsp3) is 0.643. The van der Waals surface area contributed by atoms with E-state index in [2.05, 4.69) is 21.9 Å². The number of hydrogen-bond donors (Lipinski definition) is 0. The summed E-state index contributed by atoms with van der Waals surface area (Å²) in [5, 5.41) is 0. The molecule has 0 spiro atoms. The number of morpholine rings is 1. The average molecular weight is 261 g/mol. The number of aromatic nitrogens is 2. The Bertz CT molecular complexity index is 490. The molecule has 5 nitrogen and oxygen atoms in total. The maximum atomic E-state index is 11.9. The molecule has 1 aliphatic carbocycles. The fourth-order valence-corrected chi connectivity index (χ4v) is 2.66. The Hall–Kier alpha value is -1.33. The smallest absolute Gasteiger partial charge is 0.166 e. The summed E-state index contributed by atoms with van der Waals surface area (Å²) in [5.41, 5.74) is 1.62. The van der Waals surface area contributed by atoms with Crippen molar-refractivity contribution in [2.75, 3.05) is 26.7 Å². The van der Waals surface area contributed by atoms with Gasteiger partial charge in [-0.15, -0.1) is 0 Å². The van der Waals surface area contributed by atoms with Gasteiger partial charge in [0.2, 0.25) is 0 Å². The first kappa shape index (κ1) is 12.7. The molecule has 1 unspecified atom stereocenters. The summed E-state index contributed by atoms with van der Waals surface area (Å²) in [7, 11) is 2.07. The fourth-order valence-electron chi connectivity index (χ4n) is 2.66. The molecule has 1 fully saturated rings. The third-order valence-corrected chi connectivity index (χ3v) is 3.81. The van der Waals surface area contributed by atoms with E-state index >= 15 is 0 Å². The van der Waals surface area contributed by atoms with Gasteiger partial charge in [0.05, 0.1) is 17.9 Å². The van der Waals surface area contributed by atoms with Crippen molar-refractivity contribution < 1.29 is 9.53 Å². The highest BCUT2D eigenvalue weighted by molar-refractivity contribution is 5.97. The van der Waals surface area contributed by atoms with Gasteiger partial charge in [-0.3, -0.25) is 4.79 Å². The van der Waals surface area contributed by atoms with E-state index in [1.165, 1.54) is 0 Å². The highest BCUT2D eigenvalue weighted by atomic mass is 16.5. The molecule has 1 saturated heterocycles. The molecule has 0 saturated carbocycles. The van der Waals surface area contributed by atoms with Gasteiger partial charge in [0.1, 0.15) is 6.10 Å². The zero-order chi connectivity index (χ0) is 13.2. The van der Waals surface area contributed by atoms with Crippen LogP contribution in [-0.2, 0) is 11.2 Å². The van der Waals surface area contributed by atoms with Crippen LogP contribution in [0.1, 0.15) is 47.2 Å². The minimum atomic E-state index is -0.0672. The van der Waals surface area contributed by atoms with E-state index in [-0.39, 0.29) is 11.9 Å². The molecule has 19 heavy (non-hydrogen) atoms. The monoisotopic (exact) mass is 261 g/mol. The molecule has 1 aromatic rings. The minimum absolute atomic E-state index is 0.0672. The number of aryl methyl sites for hydroxylation is 1. The van der Waals surface area contributed by atoms with Crippen LogP contribution in [0.3, 0.4) is 0 Å². The Kier molecular flexibility index (Phi) is 3.57. The van der Waals surface area contributed by atoms with Gasteiger partial charge < -0.3 is 9.64 Å². The Morgan fingerprint density at radius 3 is 3.05 bits per heavy atom. The zero-order valence-corrected chi connectivity index (χ0v) is 11.3. The SMILES string of the molecule is CN1CCOC(c2ncc3c(n2)CCCCC3=O)C1. The third-order valence-electron chi connectivity index (χ3n) is 3.81. The van der Waals surface area contributed by atoms with Crippen LogP contribution in [0.25, 0.3) is 0 Å². The molecule has 1 atom stereocenters. The second kappa shape index (κ2) is 5.35. The third kappa shape index (κ3) is 2.67. The molecule has 1 aliphatic heterocycles. The van der Waals surface area contributed by atoms with E-state index in [0.717, 1.165) is 43.9 Å². The molecule has 1 aromatic heterocycles. The van der Waals surface area contributed by atoms with E-state index < -0.39 is 0 Å². The number of likely N-dealkylation sites (N-methyl/N-ethyl adjacent to an activating group) is 1. The van der Waals surface area contributed by atoms with Gasteiger partial charge in [0.25, 0.3) is 0 Å². The van der Waals surface area contributed by atoms with E-state index in [1.807, 2.05) is 0 Å². The number of nitrogens with zero attached hydrogens (tertiary/aromatic N) is 3. The highest BCUT2D eigenvalue weighted by Crippen LogP contribution is 2.22. The quantitative estimate of drug-likeness (QED) is 0.715. The van der Waals surface area contributed by atoms with Crippen LogP contribution in [-0.4, -0.2) is 47.4 Å². The highest BCUT2D eigenvalue weighted by Gasteiger charge is 2.24. The van der Waals surface area contributed by atoms with Crippen LogP contribution in [0.2, 0.25) is 0 Å². The Morgan fingerprint density at radius 1 is 1.37 bits per heavy atom. The standard InChI is InChI=1S/C14H19N3O2/c1-17-6-7-19-13(9-17)14-15-8-10-11(16-14)4-2-3-5-12(10)18/h8,13H,2-7,9H2,1H3. The molecule has 102 valence electrons. The number of hydrogen-bond acceptors (Lipinski definition) is 5. The minimum Gasteiger partial charge on any atom is -0.368 e. The average Bonchev–Trinajstić information content (AvgIpc) is 2.60. The van der Waals surface area contributed by atoms with Gasteiger partial charge in [-0.1, -0.05) is 0 Å². The van der Waals surface area contributed by atoms with Crippen LogP contribution in [0, 0.1) is 0 Å². The number of fused-ring (bicyclic) bond motifs is 1. The number of carbonyl (C=O) groups excluding carboxylic acids is 1. The van der Waals surface area contributed by atoms with Crippen molar-refractivity contribution in [2.45, 2.75) is 31.8 Å².